The zero-order valence-corrected chi connectivity index (χ0v) is 21.6. The molecule has 0 unspecified atom stereocenters. The Morgan fingerprint density at radius 3 is 1.06 bits per heavy atom. The number of aryl methyl sites for hydroxylation is 6. The molecule has 35 heavy (non-hydrogen) atoms. The molecule has 0 aromatic heterocycles. The summed E-state index contributed by atoms with van der Waals surface area (Å²) in [5, 5.41) is 0. The highest BCUT2D eigenvalue weighted by atomic mass is 14.5. The van der Waals surface area contributed by atoms with Crippen molar-refractivity contribution >= 4 is 11.4 Å². The molecule has 0 amide bonds. The Balaban J connectivity index is 1.29. The molecule has 0 aliphatic rings. The molecule has 2 nitrogen and oxygen atoms in total. The molecule has 0 radical (unpaired) electrons. The summed E-state index contributed by atoms with van der Waals surface area (Å²) < 4.78 is 0. The van der Waals surface area contributed by atoms with Crippen molar-refractivity contribution < 1.29 is 0 Å². The molecule has 2 heteroatoms. The van der Waals surface area contributed by atoms with Gasteiger partial charge in [0.15, 0.2) is 0 Å². The first-order valence-corrected chi connectivity index (χ1v) is 12.7. The maximum atomic E-state index is 5.98. The molecule has 0 fully saturated rings. The number of benzene rings is 4. The third-order valence-corrected chi connectivity index (χ3v) is 7.18. The molecule has 4 aromatic carbocycles. The summed E-state index contributed by atoms with van der Waals surface area (Å²) in [6, 6.07) is 26.6. The van der Waals surface area contributed by atoms with Crippen LogP contribution in [0.25, 0.3) is 0 Å². The van der Waals surface area contributed by atoms with Gasteiger partial charge in [-0.15, -0.1) is 0 Å². The van der Waals surface area contributed by atoms with Gasteiger partial charge in [-0.3, -0.25) is 0 Å². The summed E-state index contributed by atoms with van der Waals surface area (Å²) in [4.78, 5) is 0. The molecule has 0 saturated heterocycles. The summed E-state index contributed by atoms with van der Waals surface area (Å²) in [6.45, 7) is 8.61. The van der Waals surface area contributed by atoms with E-state index in [1.807, 2.05) is 0 Å². The first-order chi connectivity index (χ1) is 16.8. The van der Waals surface area contributed by atoms with E-state index in [1.165, 1.54) is 55.6 Å². The van der Waals surface area contributed by atoms with Crippen molar-refractivity contribution in [2.75, 3.05) is 11.5 Å². The number of hydrogen-bond donors (Lipinski definition) is 2. The molecule has 180 valence electrons. The van der Waals surface area contributed by atoms with Gasteiger partial charge in [0.05, 0.1) is 0 Å². The minimum Gasteiger partial charge on any atom is -0.399 e. The molecule has 4 rings (SSSR count). The highest BCUT2D eigenvalue weighted by Gasteiger charge is 2.07. The molecule has 0 saturated carbocycles. The van der Waals surface area contributed by atoms with Crippen LogP contribution in [0.4, 0.5) is 11.4 Å². The predicted molar refractivity (Wildman–Crippen MR) is 151 cm³/mol. The number of rotatable bonds is 8. The SMILES string of the molecule is Cc1cc(N)cc(C)c1Cc1ccc(CCCc2ccc(Cc3c(C)cc(N)cc3C)cc2)cc1. The maximum Gasteiger partial charge on any atom is 0.0319 e. The first-order valence-electron chi connectivity index (χ1n) is 12.7. The monoisotopic (exact) mass is 462 g/mol. The van der Waals surface area contributed by atoms with E-state index in [0.29, 0.717) is 0 Å². The van der Waals surface area contributed by atoms with Gasteiger partial charge in [0.2, 0.25) is 0 Å². The summed E-state index contributed by atoms with van der Waals surface area (Å²) in [5.41, 5.74) is 27.0. The second-order valence-electron chi connectivity index (χ2n) is 10.1. The number of anilines is 2. The van der Waals surface area contributed by atoms with Gasteiger partial charge in [0.25, 0.3) is 0 Å². The number of nitrogens with two attached hydrogens (primary N) is 2. The van der Waals surface area contributed by atoms with Crippen molar-refractivity contribution in [2.45, 2.75) is 59.8 Å². The lowest BCUT2D eigenvalue weighted by atomic mass is 9.94. The first kappa shape index (κ1) is 24.6. The van der Waals surface area contributed by atoms with Crippen LogP contribution in [-0.2, 0) is 25.7 Å². The Labute approximate surface area is 211 Å². The van der Waals surface area contributed by atoms with Crippen LogP contribution in [0.3, 0.4) is 0 Å². The minimum atomic E-state index is 0.848. The Morgan fingerprint density at radius 1 is 0.457 bits per heavy atom. The van der Waals surface area contributed by atoms with Gasteiger partial charge in [0.1, 0.15) is 0 Å². The molecule has 0 spiro atoms. The van der Waals surface area contributed by atoms with Gasteiger partial charge in [0, 0.05) is 11.4 Å². The van der Waals surface area contributed by atoms with Crippen LogP contribution < -0.4 is 11.5 Å². The molecule has 0 aliphatic heterocycles. The highest BCUT2D eigenvalue weighted by Crippen LogP contribution is 2.23. The smallest absolute Gasteiger partial charge is 0.0319 e. The zero-order valence-electron chi connectivity index (χ0n) is 21.6. The van der Waals surface area contributed by atoms with Gasteiger partial charge in [-0.1, -0.05) is 48.5 Å². The van der Waals surface area contributed by atoms with Crippen LogP contribution in [0.5, 0.6) is 0 Å². The number of nitrogen functional groups attached to an aromatic ring is 2. The van der Waals surface area contributed by atoms with E-state index in [1.54, 1.807) is 0 Å². The van der Waals surface area contributed by atoms with Crippen LogP contribution in [-0.4, -0.2) is 0 Å². The van der Waals surface area contributed by atoms with Gasteiger partial charge in [-0.25, -0.2) is 0 Å². The fourth-order valence-corrected chi connectivity index (χ4v) is 5.16. The van der Waals surface area contributed by atoms with Crippen LogP contribution in [0, 0.1) is 27.7 Å². The molecule has 0 atom stereocenters. The van der Waals surface area contributed by atoms with Gasteiger partial charge in [-0.05, 0) is 140 Å². The Kier molecular flexibility index (Phi) is 7.60. The predicted octanol–water partition coefficient (Wildman–Crippen LogP) is 7.44. The largest absolute Gasteiger partial charge is 0.399 e. The van der Waals surface area contributed by atoms with Crippen molar-refractivity contribution in [1.29, 1.82) is 0 Å². The second kappa shape index (κ2) is 10.8. The topological polar surface area (TPSA) is 52.0 Å². The van der Waals surface area contributed by atoms with Crippen molar-refractivity contribution in [1.82, 2.24) is 0 Å². The van der Waals surface area contributed by atoms with Gasteiger partial charge in [-0.2, -0.15) is 0 Å². The maximum absolute atomic E-state index is 5.98. The van der Waals surface area contributed by atoms with E-state index >= 15 is 0 Å². The van der Waals surface area contributed by atoms with E-state index in [9.17, 15) is 0 Å². The average Bonchev–Trinajstić information content (AvgIpc) is 2.80. The third-order valence-electron chi connectivity index (χ3n) is 7.18. The molecular formula is C33H38N2. The van der Waals surface area contributed by atoms with E-state index < -0.39 is 0 Å². The fraction of sp³-hybridized carbons (Fsp3) is 0.273. The van der Waals surface area contributed by atoms with E-state index in [2.05, 4.69) is 100 Å². The molecule has 0 heterocycles. The van der Waals surface area contributed by atoms with Crippen LogP contribution in [0.2, 0.25) is 0 Å². The summed E-state index contributed by atoms with van der Waals surface area (Å²) >= 11 is 0. The second-order valence-corrected chi connectivity index (χ2v) is 10.1. The Morgan fingerprint density at radius 2 is 0.743 bits per heavy atom. The van der Waals surface area contributed by atoms with Gasteiger partial charge < -0.3 is 11.5 Å². The third kappa shape index (κ3) is 6.33. The molecule has 4 aromatic rings. The normalized spacial score (nSPS) is 11.1. The van der Waals surface area contributed by atoms with Crippen molar-refractivity contribution in [3.05, 3.63) is 128 Å². The van der Waals surface area contributed by atoms with E-state index in [-0.39, 0.29) is 0 Å². The van der Waals surface area contributed by atoms with Crippen LogP contribution >= 0.6 is 0 Å². The fourth-order valence-electron chi connectivity index (χ4n) is 5.16. The van der Waals surface area contributed by atoms with Crippen molar-refractivity contribution in [3.63, 3.8) is 0 Å². The molecule has 0 bridgehead atoms. The quantitative estimate of drug-likeness (QED) is 0.267. The van der Waals surface area contributed by atoms with Crippen LogP contribution in [0.1, 0.15) is 62.1 Å². The molecule has 4 N–H and O–H groups in total. The van der Waals surface area contributed by atoms with Crippen LogP contribution in [0.15, 0.2) is 72.8 Å². The lowest BCUT2D eigenvalue weighted by Gasteiger charge is -2.12. The molecule has 0 aliphatic carbocycles. The highest BCUT2D eigenvalue weighted by molar-refractivity contribution is 5.51. The van der Waals surface area contributed by atoms with Crippen molar-refractivity contribution in [3.8, 4) is 0 Å². The average molecular weight is 463 g/mol. The summed E-state index contributed by atoms with van der Waals surface area (Å²) in [6.07, 6.45) is 5.28. The number of hydrogen-bond acceptors (Lipinski definition) is 2. The Hall–Kier alpha value is -3.52. The standard InChI is InChI=1S/C33H38N2/c1-22-16-30(34)17-23(2)32(22)20-28-12-8-26(9-13-28)6-5-7-27-10-14-29(15-11-27)21-33-24(3)18-31(35)19-25(33)4/h8-19H,5-7,20-21,34-35H2,1-4H3. The lowest BCUT2D eigenvalue weighted by Crippen LogP contribution is -1.99. The van der Waals surface area contributed by atoms with E-state index in [0.717, 1.165) is 43.5 Å². The summed E-state index contributed by atoms with van der Waals surface area (Å²) in [5.74, 6) is 0. The lowest BCUT2D eigenvalue weighted by molar-refractivity contribution is 0.819. The zero-order chi connectivity index (χ0) is 24.9. The minimum absolute atomic E-state index is 0.848. The van der Waals surface area contributed by atoms with Crippen molar-refractivity contribution in [2.24, 2.45) is 0 Å². The van der Waals surface area contributed by atoms with Gasteiger partial charge >= 0.3 is 0 Å². The summed E-state index contributed by atoms with van der Waals surface area (Å²) in [7, 11) is 0. The molecular weight excluding hydrogens is 424 g/mol. The Bertz CT molecular complexity index is 1150. The van der Waals surface area contributed by atoms with E-state index in [4.69, 9.17) is 11.5 Å².